The van der Waals surface area contributed by atoms with Gasteiger partial charge in [-0.25, -0.2) is 18.7 Å². The summed E-state index contributed by atoms with van der Waals surface area (Å²) in [4.78, 5) is 14.1. The maximum absolute atomic E-state index is 13.4. The standard InChI is InChI=1S/C25H30FN7OS2/c1-5-20-24(30(2)25-28-21(16-36-25)17-6-8-18(26)9-7-17)33-22(27-20)10-11-23(29-33)31-12-13-32(35-4)19(14-31)15-34-3/h6-11,16,19H,5,12-15H2,1-4H3/t19-/m0/s1. The SMILES string of the molecule is CCc1nc2ccc(N3CCN(SC)[C@H](COC)C3)nn2c1N(C)c1nc(-c2ccc(F)cc2)cs1. The van der Waals surface area contributed by atoms with Crippen LogP contribution in [0.5, 0.6) is 0 Å². The van der Waals surface area contributed by atoms with Gasteiger partial charge in [0.1, 0.15) is 11.6 Å². The molecule has 4 aromatic rings. The maximum atomic E-state index is 13.4. The third kappa shape index (κ3) is 4.80. The zero-order chi connectivity index (χ0) is 25.2. The smallest absolute Gasteiger partial charge is 0.191 e. The van der Waals surface area contributed by atoms with E-state index in [1.165, 1.54) is 12.1 Å². The van der Waals surface area contributed by atoms with Crippen LogP contribution in [0.25, 0.3) is 16.9 Å². The Morgan fingerprint density at radius 3 is 2.69 bits per heavy atom. The number of aryl methyl sites for hydroxylation is 1. The Bertz CT molecular complexity index is 1330. The number of halogens is 1. The van der Waals surface area contributed by atoms with E-state index in [1.807, 2.05) is 27.9 Å². The minimum Gasteiger partial charge on any atom is -0.383 e. The topological polar surface area (TPSA) is 62.0 Å². The molecule has 3 aromatic heterocycles. The molecule has 8 nitrogen and oxygen atoms in total. The van der Waals surface area contributed by atoms with Crippen molar-refractivity contribution >= 4 is 45.7 Å². The average Bonchev–Trinajstić information content (AvgIpc) is 3.54. The normalized spacial score (nSPS) is 16.7. The fourth-order valence-electron chi connectivity index (χ4n) is 4.58. The van der Waals surface area contributed by atoms with Gasteiger partial charge in [-0.15, -0.1) is 16.4 Å². The number of anilines is 3. The number of hydrogen-bond donors (Lipinski definition) is 0. The Morgan fingerprint density at radius 2 is 1.97 bits per heavy atom. The molecule has 1 aromatic carbocycles. The second-order valence-corrected chi connectivity index (χ2v) is 10.3. The van der Waals surface area contributed by atoms with Gasteiger partial charge in [0.05, 0.1) is 24.0 Å². The van der Waals surface area contributed by atoms with Gasteiger partial charge in [0.15, 0.2) is 16.6 Å². The van der Waals surface area contributed by atoms with Crippen LogP contribution in [0.4, 0.5) is 21.2 Å². The molecule has 5 rings (SSSR count). The Hall–Kier alpha value is -2.73. The highest BCUT2D eigenvalue weighted by molar-refractivity contribution is 7.96. The second-order valence-electron chi connectivity index (χ2n) is 8.66. The van der Waals surface area contributed by atoms with Crippen LogP contribution in [0, 0.1) is 5.82 Å². The fourth-order valence-corrected chi connectivity index (χ4v) is 6.07. The number of thiazole rings is 1. The van der Waals surface area contributed by atoms with E-state index in [2.05, 4.69) is 28.5 Å². The molecule has 36 heavy (non-hydrogen) atoms. The van der Waals surface area contributed by atoms with E-state index in [0.717, 1.165) is 65.4 Å². The van der Waals surface area contributed by atoms with Gasteiger partial charge in [0.25, 0.3) is 0 Å². The summed E-state index contributed by atoms with van der Waals surface area (Å²) in [5.74, 6) is 1.57. The van der Waals surface area contributed by atoms with E-state index in [1.54, 1.807) is 42.5 Å². The van der Waals surface area contributed by atoms with Crippen molar-refractivity contribution in [3.8, 4) is 11.3 Å². The third-order valence-electron chi connectivity index (χ3n) is 6.43. The van der Waals surface area contributed by atoms with Crippen molar-refractivity contribution in [1.29, 1.82) is 0 Å². The number of hydrogen-bond acceptors (Lipinski definition) is 9. The van der Waals surface area contributed by atoms with Gasteiger partial charge in [0, 0.05) is 44.7 Å². The number of rotatable bonds is 8. The van der Waals surface area contributed by atoms with Gasteiger partial charge >= 0.3 is 0 Å². The van der Waals surface area contributed by atoms with Crippen LogP contribution >= 0.6 is 23.3 Å². The first-order chi connectivity index (χ1) is 17.5. The van der Waals surface area contributed by atoms with Crippen molar-refractivity contribution in [3.63, 3.8) is 0 Å². The lowest BCUT2D eigenvalue weighted by atomic mass is 10.2. The molecule has 0 spiro atoms. The summed E-state index contributed by atoms with van der Waals surface area (Å²) in [7, 11) is 3.75. The summed E-state index contributed by atoms with van der Waals surface area (Å²) in [6.45, 7) is 5.47. The van der Waals surface area contributed by atoms with Gasteiger partial charge in [-0.1, -0.05) is 18.9 Å². The van der Waals surface area contributed by atoms with Crippen LogP contribution in [-0.2, 0) is 11.2 Å². The van der Waals surface area contributed by atoms with E-state index < -0.39 is 0 Å². The molecular weight excluding hydrogens is 497 g/mol. The predicted octanol–water partition coefficient (Wildman–Crippen LogP) is 4.74. The molecule has 0 aliphatic carbocycles. The minimum absolute atomic E-state index is 0.255. The zero-order valence-corrected chi connectivity index (χ0v) is 22.5. The average molecular weight is 528 g/mol. The first kappa shape index (κ1) is 24.9. The van der Waals surface area contributed by atoms with Crippen molar-refractivity contribution in [3.05, 3.63) is 53.3 Å². The molecule has 0 saturated carbocycles. The summed E-state index contributed by atoms with van der Waals surface area (Å²) < 4.78 is 23.1. The molecule has 0 unspecified atom stereocenters. The summed E-state index contributed by atoms with van der Waals surface area (Å²) in [5, 5.41) is 7.86. The molecule has 11 heteroatoms. The zero-order valence-electron chi connectivity index (χ0n) is 20.9. The van der Waals surface area contributed by atoms with Crippen molar-refractivity contribution in [1.82, 2.24) is 23.9 Å². The van der Waals surface area contributed by atoms with E-state index in [-0.39, 0.29) is 5.82 Å². The van der Waals surface area contributed by atoms with Crippen molar-refractivity contribution < 1.29 is 9.13 Å². The van der Waals surface area contributed by atoms with Crippen LogP contribution < -0.4 is 9.80 Å². The second kappa shape index (κ2) is 10.7. The molecular formula is C25H30FN7OS2. The summed E-state index contributed by atoms with van der Waals surface area (Å²) in [6.07, 6.45) is 2.89. The summed E-state index contributed by atoms with van der Waals surface area (Å²) in [5.41, 5.74) is 3.48. The maximum Gasteiger partial charge on any atom is 0.191 e. The monoisotopic (exact) mass is 527 g/mol. The van der Waals surface area contributed by atoms with E-state index in [4.69, 9.17) is 19.8 Å². The van der Waals surface area contributed by atoms with Crippen LogP contribution in [0.1, 0.15) is 12.6 Å². The molecule has 0 amide bonds. The highest BCUT2D eigenvalue weighted by Crippen LogP contribution is 2.34. The Morgan fingerprint density at radius 1 is 1.17 bits per heavy atom. The van der Waals surface area contributed by atoms with E-state index >= 15 is 0 Å². The van der Waals surface area contributed by atoms with Gasteiger partial charge < -0.3 is 14.5 Å². The van der Waals surface area contributed by atoms with Gasteiger partial charge in [0.2, 0.25) is 0 Å². The minimum atomic E-state index is -0.255. The lowest BCUT2D eigenvalue weighted by molar-refractivity contribution is 0.132. The Balaban J connectivity index is 1.47. The number of ether oxygens (including phenoxy) is 1. The molecule has 190 valence electrons. The molecule has 1 aliphatic heterocycles. The molecule has 1 fully saturated rings. The lowest BCUT2D eigenvalue weighted by Gasteiger charge is -2.40. The van der Waals surface area contributed by atoms with Crippen molar-refractivity contribution in [2.45, 2.75) is 19.4 Å². The number of methoxy groups -OCH3 is 1. The van der Waals surface area contributed by atoms with Gasteiger partial charge in [-0.3, -0.25) is 0 Å². The number of imidazole rings is 1. The van der Waals surface area contributed by atoms with Crippen LogP contribution in [0.15, 0.2) is 41.8 Å². The number of aromatic nitrogens is 4. The highest BCUT2D eigenvalue weighted by atomic mass is 32.2. The van der Waals surface area contributed by atoms with Crippen molar-refractivity contribution in [2.75, 3.05) is 56.5 Å². The predicted molar refractivity (Wildman–Crippen MR) is 146 cm³/mol. The molecule has 0 N–H and O–H groups in total. The Kier molecular flexibility index (Phi) is 7.42. The lowest BCUT2D eigenvalue weighted by Crippen LogP contribution is -2.52. The van der Waals surface area contributed by atoms with Gasteiger partial charge in [-0.2, -0.15) is 4.52 Å². The van der Waals surface area contributed by atoms with Crippen molar-refractivity contribution in [2.24, 2.45) is 0 Å². The van der Waals surface area contributed by atoms with Crippen LogP contribution in [0.3, 0.4) is 0 Å². The number of piperazine rings is 1. The summed E-state index contributed by atoms with van der Waals surface area (Å²) in [6, 6.07) is 10.8. The first-order valence-electron chi connectivity index (χ1n) is 11.9. The van der Waals surface area contributed by atoms with E-state index in [9.17, 15) is 4.39 Å². The highest BCUT2D eigenvalue weighted by Gasteiger charge is 2.28. The molecule has 1 aliphatic rings. The Labute approximate surface area is 218 Å². The molecule has 1 saturated heterocycles. The van der Waals surface area contributed by atoms with Crippen LogP contribution in [0.2, 0.25) is 0 Å². The fraction of sp³-hybridized carbons (Fsp3) is 0.400. The quantitative estimate of drug-likeness (QED) is 0.305. The molecule has 1 atom stereocenters. The largest absolute Gasteiger partial charge is 0.383 e. The number of benzene rings is 1. The van der Waals surface area contributed by atoms with Gasteiger partial charge in [-0.05, 0) is 49.1 Å². The third-order valence-corrected chi connectivity index (χ3v) is 8.29. The molecule has 0 radical (unpaired) electrons. The van der Waals surface area contributed by atoms with Crippen LogP contribution in [-0.4, -0.2) is 76.6 Å². The number of nitrogens with zero attached hydrogens (tertiary/aromatic N) is 7. The number of fused-ring (bicyclic) bond motifs is 1. The molecule has 0 bridgehead atoms. The first-order valence-corrected chi connectivity index (χ1v) is 14.0. The molecule has 4 heterocycles. The van der Waals surface area contributed by atoms with E-state index in [0.29, 0.717) is 12.6 Å². The summed E-state index contributed by atoms with van der Waals surface area (Å²) >= 11 is 3.31.